The fourth-order valence-electron chi connectivity index (χ4n) is 3.12. The quantitative estimate of drug-likeness (QED) is 0.778. The van der Waals surface area contributed by atoms with E-state index in [-0.39, 0.29) is 16.7 Å². The second-order valence-electron chi connectivity index (χ2n) is 7.73. The van der Waals surface area contributed by atoms with E-state index in [1.54, 1.807) is 13.4 Å². The molecule has 26 heavy (non-hydrogen) atoms. The third-order valence-corrected chi connectivity index (χ3v) is 4.85. The fourth-order valence-corrected chi connectivity index (χ4v) is 3.12. The van der Waals surface area contributed by atoms with Crippen LogP contribution in [0.3, 0.4) is 0 Å². The number of hydrogen-bond acceptors (Lipinski definition) is 6. The monoisotopic (exact) mass is 358 g/mol. The van der Waals surface area contributed by atoms with Crippen molar-refractivity contribution in [2.45, 2.75) is 26.2 Å². The van der Waals surface area contributed by atoms with E-state index in [1.165, 1.54) is 17.7 Å². The van der Waals surface area contributed by atoms with E-state index in [1.807, 2.05) is 6.07 Å². The molecule has 0 saturated carbocycles. The van der Waals surface area contributed by atoms with Crippen LogP contribution in [0.15, 0.2) is 28.0 Å². The van der Waals surface area contributed by atoms with Gasteiger partial charge in [0.1, 0.15) is 18.0 Å². The summed E-state index contributed by atoms with van der Waals surface area (Å²) < 4.78 is 2.65. The molecular weight excluding hydrogens is 332 g/mol. The van der Waals surface area contributed by atoms with Crippen molar-refractivity contribution in [1.82, 2.24) is 19.1 Å². The first kappa shape index (κ1) is 18.2. The van der Waals surface area contributed by atoms with Gasteiger partial charge in [-0.25, -0.2) is 14.8 Å². The van der Waals surface area contributed by atoms with Crippen LogP contribution in [-0.2, 0) is 19.5 Å². The molecule has 0 bridgehead atoms. The van der Waals surface area contributed by atoms with Gasteiger partial charge in [-0.05, 0) is 0 Å². The molecule has 3 rings (SSSR count). The van der Waals surface area contributed by atoms with E-state index >= 15 is 0 Å². The van der Waals surface area contributed by atoms with Crippen LogP contribution < -0.4 is 21.0 Å². The van der Waals surface area contributed by atoms with E-state index in [4.69, 9.17) is 0 Å². The average Bonchev–Trinajstić information content (AvgIpc) is 2.62. The zero-order chi connectivity index (χ0) is 19.1. The Hall–Kier alpha value is -2.64. The third kappa shape index (κ3) is 3.36. The van der Waals surface area contributed by atoms with Crippen LogP contribution in [0.25, 0.3) is 0 Å². The summed E-state index contributed by atoms with van der Waals surface area (Å²) in [6.45, 7) is 9.37. The Morgan fingerprint density at radius 3 is 2.12 bits per heavy atom. The molecule has 8 nitrogen and oxygen atoms in total. The summed E-state index contributed by atoms with van der Waals surface area (Å²) in [6, 6.07) is 3.57. The first-order valence-electron chi connectivity index (χ1n) is 8.78. The maximum atomic E-state index is 12.1. The molecule has 8 heteroatoms. The van der Waals surface area contributed by atoms with Crippen molar-refractivity contribution >= 4 is 11.6 Å². The smallest absolute Gasteiger partial charge is 0.332 e. The van der Waals surface area contributed by atoms with Gasteiger partial charge in [-0.1, -0.05) is 20.8 Å². The SMILES string of the molecule is Cn1c(N2CCN(c3cc(C(C)(C)C)ncn3)CC2)cc(=O)n(C)c1=O. The summed E-state index contributed by atoms with van der Waals surface area (Å²) in [5.41, 5.74) is 0.401. The van der Waals surface area contributed by atoms with Gasteiger partial charge in [0.15, 0.2) is 0 Å². The topological polar surface area (TPSA) is 76.3 Å². The minimum Gasteiger partial charge on any atom is -0.354 e. The van der Waals surface area contributed by atoms with Crippen LogP contribution in [0.4, 0.5) is 11.6 Å². The number of aromatic nitrogens is 4. The summed E-state index contributed by atoms with van der Waals surface area (Å²) in [6.07, 6.45) is 1.62. The number of rotatable bonds is 2. The molecule has 0 unspecified atom stereocenters. The molecule has 0 atom stereocenters. The summed E-state index contributed by atoms with van der Waals surface area (Å²) in [4.78, 5) is 37.2. The molecule has 2 aromatic heterocycles. The maximum absolute atomic E-state index is 12.1. The summed E-state index contributed by atoms with van der Waals surface area (Å²) in [5.74, 6) is 1.58. The van der Waals surface area contributed by atoms with Crippen LogP contribution in [0.5, 0.6) is 0 Å². The van der Waals surface area contributed by atoms with Gasteiger partial charge in [0.25, 0.3) is 5.56 Å². The minimum absolute atomic E-state index is 0.0259. The number of piperazine rings is 1. The molecule has 2 aromatic rings. The highest BCUT2D eigenvalue weighted by Crippen LogP contribution is 2.23. The summed E-state index contributed by atoms with van der Waals surface area (Å²) >= 11 is 0. The average molecular weight is 358 g/mol. The molecule has 3 heterocycles. The first-order chi connectivity index (χ1) is 12.2. The lowest BCUT2D eigenvalue weighted by molar-refractivity contribution is 0.563. The van der Waals surface area contributed by atoms with Gasteiger partial charge in [0.2, 0.25) is 0 Å². The molecule has 0 aliphatic carbocycles. The van der Waals surface area contributed by atoms with Crippen LogP contribution in [0, 0.1) is 0 Å². The molecule has 1 saturated heterocycles. The van der Waals surface area contributed by atoms with Crippen molar-refractivity contribution in [2.24, 2.45) is 14.1 Å². The Labute approximate surface area is 152 Å². The molecule has 0 amide bonds. The van der Waals surface area contributed by atoms with Gasteiger partial charge in [-0.2, -0.15) is 0 Å². The Bertz CT molecular complexity index is 916. The largest absolute Gasteiger partial charge is 0.354 e. The third-order valence-electron chi connectivity index (χ3n) is 4.85. The second kappa shape index (κ2) is 6.59. The van der Waals surface area contributed by atoms with E-state index in [0.717, 1.165) is 42.3 Å². The van der Waals surface area contributed by atoms with Crippen molar-refractivity contribution in [3.8, 4) is 0 Å². The number of anilines is 2. The van der Waals surface area contributed by atoms with Crippen LogP contribution in [0.1, 0.15) is 26.5 Å². The highest BCUT2D eigenvalue weighted by molar-refractivity contribution is 5.45. The molecular formula is C18H26N6O2. The molecule has 1 aliphatic heterocycles. The molecule has 1 fully saturated rings. The van der Waals surface area contributed by atoms with Crippen molar-refractivity contribution in [3.63, 3.8) is 0 Å². The predicted molar refractivity (Wildman–Crippen MR) is 102 cm³/mol. The molecule has 140 valence electrons. The Morgan fingerprint density at radius 1 is 0.885 bits per heavy atom. The molecule has 0 aromatic carbocycles. The lowest BCUT2D eigenvalue weighted by Gasteiger charge is -2.37. The van der Waals surface area contributed by atoms with E-state index in [9.17, 15) is 9.59 Å². The Kier molecular flexibility index (Phi) is 4.60. The molecule has 1 aliphatic rings. The van der Waals surface area contributed by atoms with Gasteiger partial charge >= 0.3 is 5.69 Å². The summed E-state index contributed by atoms with van der Waals surface area (Å²) in [7, 11) is 3.19. The molecule has 0 N–H and O–H groups in total. The van der Waals surface area contributed by atoms with Crippen molar-refractivity contribution in [3.05, 3.63) is 45.0 Å². The van der Waals surface area contributed by atoms with Gasteiger partial charge in [0, 0.05) is 57.8 Å². The van der Waals surface area contributed by atoms with Crippen LogP contribution in [-0.4, -0.2) is 45.3 Å². The fraction of sp³-hybridized carbons (Fsp3) is 0.556. The summed E-state index contributed by atoms with van der Waals surface area (Å²) in [5, 5.41) is 0. The predicted octanol–water partition coefficient (Wildman–Crippen LogP) is 0.498. The number of nitrogens with zero attached hydrogens (tertiary/aromatic N) is 6. The van der Waals surface area contributed by atoms with E-state index in [2.05, 4.69) is 40.5 Å². The van der Waals surface area contributed by atoms with E-state index < -0.39 is 0 Å². The van der Waals surface area contributed by atoms with Crippen molar-refractivity contribution in [2.75, 3.05) is 36.0 Å². The number of hydrogen-bond donors (Lipinski definition) is 0. The van der Waals surface area contributed by atoms with Gasteiger partial charge in [-0.3, -0.25) is 13.9 Å². The van der Waals surface area contributed by atoms with Crippen LogP contribution >= 0.6 is 0 Å². The van der Waals surface area contributed by atoms with Gasteiger partial charge in [-0.15, -0.1) is 0 Å². The van der Waals surface area contributed by atoms with Gasteiger partial charge < -0.3 is 9.80 Å². The standard InChI is InChI=1S/C18H26N6O2/c1-18(2,3)13-10-14(20-12-19-13)23-6-8-24(9-7-23)15-11-16(25)22(5)17(26)21(15)4/h10-12H,6-9H2,1-5H3. The highest BCUT2D eigenvalue weighted by atomic mass is 16.2. The molecule has 0 radical (unpaired) electrons. The van der Waals surface area contributed by atoms with Crippen molar-refractivity contribution in [1.29, 1.82) is 0 Å². The first-order valence-corrected chi connectivity index (χ1v) is 8.78. The van der Waals surface area contributed by atoms with Gasteiger partial charge in [0.05, 0.1) is 5.69 Å². The lowest BCUT2D eigenvalue weighted by Crippen LogP contribution is -2.49. The normalized spacial score (nSPS) is 15.4. The molecule has 0 spiro atoms. The zero-order valence-electron chi connectivity index (χ0n) is 16.1. The van der Waals surface area contributed by atoms with Crippen molar-refractivity contribution < 1.29 is 0 Å². The highest BCUT2D eigenvalue weighted by Gasteiger charge is 2.23. The van der Waals surface area contributed by atoms with Crippen LogP contribution in [0.2, 0.25) is 0 Å². The second-order valence-corrected chi connectivity index (χ2v) is 7.73. The maximum Gasteiger partial charge on any atom is 0.332 e. The zero-order valence-corrected chi connectivity index (χ0v) is 16.1. The van der Waals surface area contributed by atoms with E-state index in [0.29, 0.717) is 5.82 Å². The minimum atomic E-state index is -0.305. The lowest BCUT2D eigenvalue weighted by atomic mass is 9.92. The Morgan fingerprint density at radius 2 is 1.50 bits per heavy atom. The Balaban J connectivity index is 1.79.